The lowest BCUT2D eigenvalue weighted by Crippen LogP contribution is -1.97. The van der Waals surface area contributed by atoms with Gasteiger partial charge in [-0.15, -0.1) is 0 Å². The van der Waals surface area contributed by atoms with Gasteiger partial charge in [-0.3, -0.25) is 0 Å². The second kappa shape index (κ2) is 5.38. The van der Waals surface area contributed by atoms with Crippen LogP contribution >= 0.6 is 11.6 Å². The van der Waals surface area contributed by atoms with E-state index >= 15 is 0 Å². The molecule has 0 atom stereocenters. The van der Waals surface area contributed by atoms with Crippen LogP contribution in [-0.2, 0) is 6.54 Å². The molecule has 0 saturated heterocycles. The van der Waals surface area contributed by atoms with Crippen LogP contribution in [0.25, 0.3) is 0 Å². The van der Waals surface area contributed by atoms with Crippen molar-refractivity contribution < 1.29 is 9.13 Å². The molecule has 18 heavy (non-hydrogen) atoms. The second-order valence-corrected chi connectivity index (χ2v) is 4.38. The molecule has 0 spiro atoms. The molecular weight excluding hydrogens is 253 g/mol. The van der Waals surface area contributed by atoms with E-state index in [2.05, 4.69) is 0 Å². The first-order chi connectivity index (χ1) is 8.60. The number of aryl methyl sites for hydroxylation is 1. The number of halogens is 2. The Kier molecular flexibility index (Phi) is 3.84. The van der Waals surface area contributed by atoms with E-state index in [4.69, 9.17) is 22.1 Å². The van der Waals surface area contributed by atoms with Crippen molar-refractivity contribution in [1.82, 2.24) is 0 Å². The van der Waals surface area contributed by atoms with Crippen molar-refractivity contribution in [2.45, 2.75) is 13.5 Å². The van der Waals surface area contributed by atoms with Crippen molar-refractivity contribution in [2.24, 2.45) is 5.73 Å². The van der Waals surface area contributed by atoms with Crippen LogP contribution in [0.1, 0.15) is 11.1 Å². The van der Waals surface area contributed by atoms with Crippen molar-refractivity contribution in [2.75, 3.05) is 0 Å². The fraction of sp³-hybridized carbons (Fsp3) is 0.143. The first kappa shape index (κ1) is 12.9. The molecule has 0 heterocycles. The van der Waals surface area contributed by atoms with Crippen LogP contribution in [0.3, 0.4) is 0 Å². The number of hydrogen-bond donors (Lipinski definition) is 1. The normalized spacial score (nSPS) is 10.4. The Balaban J connectivity index is 2.26. The lowest BCUT2D eigenvalue weighted by atomic mass is 10.2. The summed E-state index contributed by atoms with van der Waals surface area (Å²) in [4.78, 5) is 0. The van der Waals surface area contributed by atoms with Crippen LogP contribution in [0.4, 0.5) is 4.39 Å². The Morgan fingerprint density at radius 3 is 2.61 bits per heavy atom. The summed E-state index contributed by atoms with van der Waals surface area (Å²) in [6, 6.07) is 9.68. The quantitative estimate of drug-likeness (QED) is 0.909. The van der Waals surface area contributed by atoms with E-state index in [9.17, 15) is 4.39 Å². The molecule has 2 aromatic rings. The summed E-state index contributed by atoms with van der Waals surface area (Å²) in [5.74, 6) is 0.927. The largest absolute Gasteiger partial charge is 0.457 e. The van der Waals surface area contributed by atoms with Crippen LogP contribution in [0.15, 0.2) is 36.4 Å². The molecule has 0 aliphatic carbocycles. The van der Waals surface area contributed by atoms with Gasteiger partial charge in [0.15, 0.2) is 0 Å². The van der Waals surface area contributed by atoms with Gasteiger partial charge in [0.2, 0.25) is 0 Å². The third-order valence-electron chi connectivity index (χ3n) is 2.61. The van der Waals surface area contributed by atoms with E-state index in [-0.39, 0.29) is 5.82 Å². The molecule has 2 N–H and O–H groups in total. The third kappa shape index (κ3) is 2.81. The number of benzene rings is 2. The number of nitrogens with two attached hydrogens (primary N) is 1. The minimum Gasteiger partial charge on any atom is -0.457 e. The van der Waals surface area contributed by atoms with Crippen LogP contribution in [0.5, 0.6) is 11.5 Å². The highest BCUT2D eigenvalue weighted by Gasteiger charge is 2.05. The van der Waals surface area contributed by atoms with Crippen molar-refractivity contribution >= 4 is 11.6 Å². The molecule has 0 aliphatic heterocycles. The fourth-order valence-corrected chi connectivity index (χ4v) is 1.86. The zero-order chi connectivity index (χ0) is 13.1. The van der Waals surface area contributed by atoms with E-state index in [0.29, 0.717) is 23.1 Å². The van der Waals surface area contributed by atoms with Gasteiger partial charge in [0.1, 0.15) is 17.3 Å². The summed E-state index contributed by atoms with van der Waals surface area (Å²) < 4.78 is 18.6. The molecule has 0 saturated carbocycles. The molecule has 2 aromatic carbocycles. The molecule has 0 aliphatic rings. The summed E-state index contributed by atoms with van der Waals surface area (Å²) >= 11 is 6.04. The summed E-state index contributed by atoms with van der Waals surface area (Å²) in [5, 5.41) is 0.565. The van der Waals surface area contributed by atoms with Crippen LogP contribution in [0.2, 0.25) is 5.02 Å². The van der Waals surface area contributed by atoms with Gasteiger partial charge in [-0.25, -0.2) is 4.39 Å². The van der Waals surface area contributed by atoms with Crippen molar-refractivity contribution in [3.8, 4) is 11.5 Å². The summed E-state index contributed by atoms with van der Waals surface area (Å²) in [6.45, 7) is 2.17. The minimum atomic E-state index is -0.281. The van der Waals surface area contributed by atoms with Gasteiger partial charge in [0, 0.05) is 11.6 Å². The van der Waals surface area contributed by atoms with Gasteiger partial charge in [-0.05, 0) is 48.4 Å². The molecule has 2 nitrogen and oxygen atoms in total. The fourth-order valence-electron chi connectivity index (χ4n) is 1.61. The second-order valence-electron chi connectivity index (χ2n) is 3.97. The molecule has 0 aromatic heterocycles. The number of hydrogen-bond acceptors (Lipinski definition) is 2. The molecular formula is C14H13ClFNO. The van der Waals surface area contributed by atoms with Crippen molar-refractivity contribution in [1.29, 1.82) is 0 Å². The van der Waals surface area contributed by atoms with Gasteiger partial charge in [0.05, 0.1) is 0 Å². The number of rotatable bonds is 3. The van der Waals surface area contributed by atoms with E-state index in [1.54, 1.807) is 25.1 Å². The maximum Gasteiger partial charge on any atom is 0.130 e. The predicted octanol–water partition coefficient (Wildman–Crippen LogP) is 4.04. The lowest BCUT2D eigenvalue weighted by molar-refractivity contribution is 0.476. The Morgan fingerprint density at radius 1 is 1.22 bits per heavy atom. The lowest BCUT2D eigenvalue weighted by Gasteiger charge is -2.10. The number of ether oxygens (including phenoxy) is 1. The predicted molar refractivity (Wildman–Crippen MR) is 70.6 cm³/mol. The average molecular weight is 266 g/mol. The highest BCUT2D eigenvalue weighted by atomic mass is 35.5. The van der Waals surface area contributed by atoms with Crippen molar-refractivity contribution in [3.05, 3.63) is 58.4 Å². The summed E-state index contributed by atoms with van der Waals surface area (Å²) in [7, 11) is 0. The van der Waals surface area contributed by atoms with Crippen molar-refractivity contribution in [3.63, 3.8) is 0 Å². The standard InChI is InChI=1S/C14H13ClFNO/c1-9-6-11(16)3-5-14(9)18-12-4-2-10(8-17)13(15)7-12/h2-7H,8,17H2,1H3. The molecule has 94 valence electrons. The summed E-state index contributed by atoms with van der Waals surface area (Å²) in [6.07, 6.45) is 0. The molecule has 4 heteroatoms. The zero-order valence-electron chi connectivity index (χ0n) is 9.91. The first-order valence-electron chi connectivity index (χ1n) is 5.52. The average Bonchev–Trinajstić information content (AvgIpc) is 2.33. The maximum atomic E-state index is 13.0. The highest BCUT2D eigenvalue weighted by molar-refractivity contribution is 6.31. The molecule has 0 amide bonds. The van der Waals surface area contributed by atoms with Gasteiger partial charge in [0.25, 0.3) is 0 Å². The van der Waals surface area contributed by atoms with Crippen LogP contribution in [0, 0.1) is 12.7 Å². The molecule has 2 rings (SSSR count). The summed E-state index contributed by atoms with van der Waals surface area (Å²) in [5.41, 5.74) is 7.12. The molecule has 0 bridgehead atoms. The van der Waals surface area contributed by atoms with Crippen LogP contribution in [-0.4, -0.2) is 0 Å². The maximum absolute atomic E-state index is 13.0. The van der Waals surface area contributed by atoms with E-state index in [1.807, 2.05) is 6.07 Å². The molecule has 0 unspecified atom stereocenters. The monoisotopic (exact) mass is 265 g/mol. The highest BCUT2D eigenvalue weighted by Crippen LogP contribution is 2.28. The van der Waals surface area contributed by atoms with Gasteiger partial charge >= 0.3 is 0 Å². The van der Waals surface area contributed by atoms with Crippen LogP contribution < -0.4 is 10.5 Å². The van der Waals surface area contributed by atoms with E-state index in [1.165, 1.54) is 12.1 Å². The molecule has 0 radical (unpaired) electrons. The smallest absolute Gasteiger partial charge is 0.130 e. The van der Waals surface area contributed by atoms with Gasteiger partial charge in [-0.1, -0.05) is 17.7 Å². The van der Waals surface area contributed by atoms with E-state index in [0.717, 1.165) is 11.1 Å². The zero-order valence-corrected chi connectivity index (χ0v) is 10.7. The Bertz CT molecular complexity index is 572. The SMILES string of the molecule is Cc1cc(F)ccc1Oc1ccc(CN)c(Cl)c1. The third-order valence-corrected chi connectivity index (χ3v) is 2.96. The Labute approximate surface area is 110 Å². The molecule has 0 fully saturated rings. The first-order valence-corrected chi connectivity index (χ1v) is 5.90. The Hall–Kier alpha value is -1.58. The topological polar surface area (TPSA) is 35.2 Å². The Morgan fingerprint density at radius 2 is 2.00 bits per heavy atom. The van der Waals surface area contributed by atoms with Gasteiger partial charge in [-0.2, -0.15) is 0 Å². The minimum absolute atomic E-state index is 0.281. The van der Waals surface area contributed by atoms with E-state index < -0.39 is 0 Å². The van der Waals surface area contributed by atoms with Gasteiger partial charge < -0.3 is 10.5 Å².